The molecule has 126 valence electrons. The number of phenols is 1. The number of hydrogen-bond donors (Lipinski definition) is 2. The summed E-state index contributed by atoms with van der Waals surface area (Å²) in [5.41, 5.74) is 7.96. The number of nitrogens with two attached hydrogens (primary N) is 1. The van der Waals surface area contributed by atoms with Crippen LogP contribution in [0.4, 0.5) is 5.82 Å². The first-order valence-corrected chi connectivity index (χ1v) is 7.18. The second kappa shape index (κ2) is 8.34. The Morgan fingerprint density at radius 1 is 1.22 bits per heavy atom. The van der Waals surface area contributed by atoms with Gasteiger partial charge in [0.1, 0.15) is 17.9 Å². The van der Waals surface area contributed by atoms with Crippen LogP contribution in [0.5, 0.6) is 5.75 Å². The summed E-state index contributed by atoms with van der Waals surface area (Å²) < 4.78 is 0. The molecule has 0 radical (unpaired) electrons. The van der Waals surface area contributed by atoms with E-state index in [1.807, 2.05) is 25.2 Å². The van der Waals surface area contributed by atoms with Gasteiger partial charge in [-0.15, -0.1) is 24.8 Å². The highest BCUT2D eigenvalue weighted by atomic mass is 35.5. The van der Waals surface area contributed by atoms with Gasteiger partial charge in [0.15, 0.2) is 0 Å². The zero-order valence-corrected chi connectivity index (χ0v) is 14.6. The largest absolute Gasteiger partial charge is 0.508 e. The van der Waals surface area contributed by atoms with E-state index in [1.54, 1.807) is 18.5 Å². The van der Waals surface area contributed by atoms with Gasteiger partial charge in [0.05, 0.1) is 0 Å². The summed E-state index contributed by atoms with van der Waals surface area (Å²) in [4.78, 5) is 10.8. The molecule has 0 spiro atoms. The van der Waals surface area contributed by atoms with E-state index in [-0.39, 0.29) is 30.6 Å². The highest BCUT2D eigenvalue weighted by molar-refractivity contribution is 5.85. The maximum absolute atomic E-state index is 9.52. The first-order valence-electron chi connectivity index (χ1n) is 7.18. The Kier molecular flexibility index (Phi) is 7.06. The number of rotatable bonds is 4. The van der Waals surface area contributed by atoms with E-state index >= 15 is 0 Å². The molecule has 0 saturated heterocycles. The van der Waals surface area contributed by atoms with Crippen LogP contribution in [0.25, 0.3) is 0 Å². The van der Waals surface area contributed by atoms with Crippen LogP contribution in [-0.4, -0.2) is 28.2 Å². The predicted molar refractivity (Wildman–Crippen MR) is 96.7 cm³/mol. The Morgan fingerprint density at radius 3 is 2.61 bits per heavy atom. The standard InChI is InChI=1S/C16H20N4O.2ClH/c1-20(9-11-3-2-4-14(21)5-11)16-8-15(18-10-19-16)12-6-13(17)7-12;;/h2-5,8,10,12-13,21H,6-7,9,17H2,1H3;2*1H. The van der Waals surface area contributed by atoms with Crippen LogP contribution in [0.2, 0.25) is 0 Å². The minimum atomic E-state index is 0. The molecule has 7 heteroatoms. The summed E-state index contributed by atoms with van der Waals surface area (Å²) in [7, 11) is 1.99. The Balaban J connectivity index is 0.00000132. The zero-order chi connectivity index (χ0) is 14.8. The lowest BCUT2D eigenvalue weighted by Crippen LogP contribution is -2.35. The molecule has 2 aromatic rings. The molecule has 23 heavy (non-hydrogen) atoms. The number of anilines is 1. The average molecular weight is 357 g/mol. The molecule has 0 bridgehead atoms. The van der Waals surface area contributed by atoms with E-state index in [9.17, 15) is 5.11 Å². The number of aromatic nitrogens is 2. The van der Waals surface area contributed by atoms with Crippen molar-refractivity contribution in [2.45, 2.75) is 31.3 Å². The molecule has 1 fully saturated rings. The molecule has 1 aliphatic rings. The van der Waals surface area contributed by atoms with Crippen molar-refractivity contribution in [1.29, 1.82) is 0 Å². The summed E-state index contributed by atoms with van der Waals surface area (Å²) in [6, 6.07) is 9.64. The highest BCUT2D eigenvalue weighted by Crippen LogP contribution is 2.35. The van der Waals surface area contributed by atoms with Crippen molar-refractivity contribution in [1.82, 2.24) is 9.97 Å². The molecular formula is C16H22Cl2N4O. The van der Waals surface area contributed by atoms with E-state index in [4.69, 9.17) is 5.73 Å². The van der Waals surface area contributed by atoms with Crippen molar-refractivity contribution in [3.05, 3.63) is 47.9 Å². The van der Waals surface area contributed by atoms with Crippen molar-refractivity contribution < 1.29 is 5.11 Å². The summed E-state index contributed by atoms with van der Waals surface area (Å²) in [6.07, 6.45) is 3.63. The quantitative estimate of drug-likeness (QED) is 0.880. The first-order chi connectivity index (χ1) is 10.1. The Labute approximate surface area is 148 Å². The SMILES string of the molecule is CN(Cc1cccc(O)c1)c1cc(C2CC(N)C2)ncn1.Cl.Cl. The van der Waals surface area contributed by atoms with Gasteiger partial charge in [-0.3, -0.25) is 0 Å². The van der Waals surface area contributed by atoms with Gasteiger partial charge in [-0.05, 0) is 30.5 Å². The number of phenolic OH excluding ortho intramolecular Hbond substituents is 1. The summed E-state index contributed by atoms with van der Waals surface area (Å²) in [6.45, 7) is 0.690. The molecule has 1 saturated carbocycles. The van der Waals surface area contributed by atoms with Crippen LogP contribution in [0.1, 0.15) is 30.0 Å². The third-order valence-corrected chi connectivity index (χ3v) is 3.99. The molecule has 1 aromatic heterocycles. The monoisotopic (exact) mass is 356 g/mol. The van der Waals surface area contributed by atoms with E-state index in [1.165, 1.54) is 0 Å². The Morgan fingerprint density at radius 2 is 1.96 bits per heavy atom. The molecule has 1 aromatic carbocycles. The van der Waals surface area contributed by atoms with Crippen molar-refractivity contribution in [3.63, 3.8) is 0 Å². The molecule has 3 rings (SSSR count). The Bertz CT molecular complexity index is 635. The summed E-state index contributed by atoms with van der Waals surface area (Å²) in [5.74, 6) is 1.65. The van der Waals surface area contributed by atoms with Gasteiger partial charge in [-0.1, -0.05) is 12.1 Å². The lowest BCUT2D eigenvalue weighted by molar-refractivity contribution is 0.345. The highest BCUT2D eigenvalue weighted by Gasteiger charge is 2.28. The van der Waals surface area contributed by atoms with Gasteiger partial charge in [0.2, 0.25) is 0 Å². The van der Waals surface area contributed by atoms with E-state index in [2.05, 4.69) is 14.9 Å². The fourth-order valence-corrected chi connectivity index (χ4v) is 2.71. The fourth-order valence-electron chi connectivity index (χ4n) is 2.71. The number of benzene rings is 1. The Hall–Kier alpha value is -1.56. The van der Waals surface area contributed by atoms with Crippen molar-refractivity contribution >= 4 is 30.6 Å². The molecular weight excluding hydrogens is 335 g/mol. The first kappa shape index (κ1) is 19.5. The fraction of sp³-hybridized carbons (Fsp3) is 0.375. The van der Waals surface area contributed by atoms with Crippen molar-refractivity contribution in [2.75, 3.05) is 11.9 Å². The van der Waals surface area contributed by atoms with Gasteiger partial charge in [0.25, 0.3) is 0 Å². The second-order valence-electron chi connectivity index (χ2n) is 5.76. The van der Waals surface area contributed by atoms with E-state index in [0.29, 0.717) is 18.5 Å². The molecule has 5 nitrogen and oxygen atoms in total. The predicted octanol–water partition coefficient (Wildman–Crippen LogP) is 2.87. The molecule has 0 atom stereocenters. The second-order valence-corrected chi connectivity index (χ2v) is 5.76. The van der Waals surface area contributed by atoms with Crippen LogP contribution in [0.3, 0.4) is 0 Å². The van der Waals surface area contributed by atoms with E-state index < -0.39 is 0 Å². The minimum absolute atomic E-state index is 0. The zero-order valence-electron chi connectivity index (χ0n) is 12.9. The van der Waals surface area contributed by atoms with Crippen LogP contribution in [0, 0.1) is 0 Å². The van der Waals surface area contributed by atoms with Crippen LogP contribution < -0.4 is 10.6 Å². The normalized spacial score (nSPS) is 19.0. The maximum Gasteiger partial charge on any atom is 0.132 e. The smallest absolute Gasteiger partial charge is 0.132 e. The third-order valence-electron chi connectivity index (χ3n) is 3.99. The number of halogens is 2. The van der Waals surface area contributed by atoms with Gasteiger partial charge >= 0.3 is 0 Å². The number of hydrogen-bond acceptors (Lipinski definition) is 5. The van der Waals surface area contributed by atoms with Gasteiger partial charge < -0.3 is 15.7 Å². The molecule has 1 aliphatic carbocycles. The lowest BCUT2D eigenvalue weighted by Gasteiger charge is -2.32. The van der Waals surface area contributed by atoms with Crippen LogP contribution in [0.15, 0.2) is 36.7 Å². The topological polar surface area (TPSA) is 75.3 Å². The van der Waals surface area contributed by atoms with Gasteiger partial charge in [0, 0.05) is 37.3 Å². The molecule has 1 heterocycles. The average Bonchev–Trinajstić information content (AvgIpc) is 2.44. The molecule has 0 amide bonds. The van der Waals surface area contributed by atoms with Crippen molar-refractivity contribution in [3.8, 4) is 5.75 Å². The van der Waals surface area contributed by atoms with Crippen LogP contribution in [-0.2, 0) is 6.54 Å². The minimum Gasteiger partial charge on any atom is -0.508 e. The summed E-state index contributed by atoms with van der Waals surface area (Å²) >= 11 is 0. The molecule has 3 N–H and O–H groups in total. The molecule has 0 aliphatic heterocycles. The maximum atomic E-state index is 9.52. The van der Waals surface area contributed by atoms with Crippen LogP contribution >= 0.6 is 24.8 Å². The number of nitrogens with zero attached hydrogens (tertiary/aromatic N) is 3. The van der Waals surface area contributed by atoms with E-state index in [0.717, 1.165) is 29.9 Å². The third kappa shape index (κ3) is 4.70. The van der Waals surface area contributed by atoms with Gasteiger partial charge in [-0.2, -0.15) is 0 Å². The summed E-state index contributed by atoms with van der Waals surface area (Å²) in [5, 5.41) is 9.52. The lowest BCUT2D eigenvalue weighted by atomic mass is 9.78. The van der Waals surface area contributed by atoms with Crippen molar-refractivity contribution in [2.24, 2.45) is 5.73 Å². The molecule has 0 unspecified atom stereocenters. The van der Waals surface area contributed by atoms with Gasteiger partial charge in [-0.25, -0.2) is 9.97 Å². The number of aromatic hydroxyl groups is 1.